The number of hydrogen-bond donors (Lipinski definition) is 3. The average Bonchev–Trinajstić information content (AvgIpc) is 2.28. The van der Waals surface area contributed by atoms with Gasteiger partial charge in [0, 0.05) is 6.54 Å². The molecule has 0 radical (unpaired) electrons. The predicted molar refractivity (Wildman–Crippen MR) is 65.7 cm³/mol. The molecule has 2 heterocycles. The summed E-state index contributed by atoms with van der Waals surface area (Å²) >= 11 is 0. The molecule has 3 N–H and O–H groups in total. The highest BCUT2D eigenvalue weighted by Gasteiger charge is 2.38. The van der Waals surface area contributed by atoms with Crippen LogP contribution >= 0.6 is 0 Å². The van der Waals surface area contributed by atoms with Crippen molar-refractivity contribution >= 4 is 17.5 Å². The Labute approximate surface area is 105 Å². The molecular formula is C11H16N4O3. The highest BCUT2D eigenvalue weighted by molar-refractivity contribution is 6.00. The number of aliphatic hydroxyl groups excluding tert-OH is 1. The molecule has 1 aliphatic rings. The molecule has 1 aromatic heterocycles. The molecule has 0 bridgehead atoms. The molecule has 1 amide bonds. The number of rotatable bonds is 3. The second-order valence-electron chi connectivity index (χ2n) is 4.51. The van der Waals surface area contributed by atoms with Crippen molar-refractivity contribution in [2.24, 2.45) is 0 Å². The highest BCUT2D eigenvalue weighted by Crippen LogP contribution is 2.37. The lowest BCUT2D eigenvalue weighted by Crippen LogP contribution is -2.46. The zero-order valence-electron chi connectivity index (χ0n) is 10.6. The monoisotopic (exact) mass is 252 g/mol. The quantitative estimate of drug-likeness (QED) is 0.716. The topological polar surface area (TPSA) is 96.4 Å². The summed E-state index contributed by atoms with van der Waals surface area (Å²) in [4.78, 5) is 20.1. The predicted octanol–water partition coefficient (Wildman–Crippen LogP) is 0.299. The first-order valence-corrected chi connectivity index (χ1v) is 5.68. The molecule has 1 aliphatic heterocycles. The van der Waals surface area contributed by atoms with Gasteiger partial charge in [-0.1, -0.05) is 0 Å². The summed E-state index contributed by atoms with van der Waals surface area (Å²) in [5.41, 5.74) is -0.971. The van der Waals surface area contributed by atoms with Gasteiger partial charge < -0.3 is 20.5 Å². The third kappa shape index (κ3) is 2.21. The smallest absolute Gasteiger partial charge is 0.269 e. The van der Waals surface area contributed by atoms with Crippen LogP contribution in [0.15, 0.2) is 0 Å². The van der Waals surface area contributed by atoms with Crippen LogP contribution in [-0.2, 0) is 4.79 Å². The molecule has 0 saturated heterocycles. The zero-order valence-corrected chi connectivity index (χ0v) is 10.6. The van der Waals surface area contributed by atoms with Gasteiger partial charge in [-0.15, -0.1) is 0 Å². The highest BCUT2D eigenvalue weighted by atomic mass is 16.5. The third-order valence-corrected chi connectivity index (χ3v) is 2.52. The van der Waals surface area contributed by atoms with Crippen LogP contribution in [0.4, 0.5) is 11.6 Å². The molecule has 0 unspecified atom stereocenters. The maximum absolute atomic E-state index is 11.8. The second-order valence-corrected chi connectivity index (χ2v) is 4.51. The number of nitrogens with zero attached hydrogens (tertiary/aromatic N) is 2. The molecule has 7 heteroatoms. The maximum Gasteiger partial charge on any atom is 0.269 e. The lowest BCUT2D eigenvalue weighted by molar-refractivity contribution is -0.129. The summed E-state index contributed by atoms with van der Waals surface area (Å²) in [6, 6.07) is 0. The summed E-state index contributed by atoms with van der Waals surface area (Å²) in [5, 5.41) is 14.5. The first-order chi connectivity index (χ1) is 8.44. The zero-order chi connectivity index (χ0) is 13.3. The van der Waals surface area contributed by atoms with E-state index in [9.17, 15) is 4.79 Å². The number of nitrogens with one attached hydrogen (secondary N) is 2. The molecule has 0 atom stereocenters. The first kappa shape index (κ1) is 12.6. The van der Waals surface area contributed by atoms with Crippen LogP contribution in [0, 0.1) is 6.92 Å². The standard InChI is InChI=1S/C11H16N4O3/c1-6-13-8(12-4-5-16)7-9(14-6)15-10(17)11(2,3)18-7/h16H,4-5H2,1-3H3,(H2,12,13,14,15,17). The number of carbonyl (C=O) groups is 1. The molecule has 0 aliphatic carbocycles. The van der Waals surface area contributed by atoms with E-state index < -0.39 is 5.60 Å². The average molecular weight is 252 g/mol. The van der Waals surface area contributed by atoms with E-state index in [4.69, 9.17) is 9.84 Å². The maximum atomic E-state index is 11.8. The van der Waals surface area contributed by atoms with E-state index in [1.165, 1.54) is 0 Å². The number of aromatic nitrogens is 2. The first-order valence-electron chi connectivity index (χ1n) is 5.68. The van der Waals surface area contributed by atoms with E-state index in [2.05, 4.69) is 20.6 Å². The van der Waals surface area contributed by atoms with Crippen molar-refractivity contribution < 1.29 is 14.6 Å². The number of aryl methyl sites for hydroxylation is 1. The minimum absolute atomic E-state index is 0.0203. The fourth-order valence-corrected chi connectivity index (χ4v) is 1.60. The largest absolute Gasteiger partial charge is 0.470 e. The molecule has 0 aromatic carbocycles. The minimum Gasteiger partial charge on any atom is -0.470 e. The molecule has 0 spiro atoms. The minimum atomic E-state index is -0.971. The summed E-state index contributed by atoms with van der Waals surface area (Å²) in [7, 11) is 0. The Balaban J connectivity index is 2.42. The number of hydrogen-bond acceptors (Lipinski definition) is 6. The Hall–Kier alpha value is -1.89. The fraction of sp³-hybridized carbons (Fsp3) is 0.545. The second kappa shape index (κ2) is 4.41. The number of aliphatic hydroxyl groups is 1. The van der Waals surface area contributed by atoms with Crippen molar-refractivity contribution in [3.05, 3.63) is 5.82 Å². The van der Waals surface area contributed by atoms with Crippen LogP contribution in [-0.4, -0.2) is 39.7 Å². The number of carbonyl (C=O) groups excluding carboxylic acids is 1. The molecular weight excluding hydrogens is 236 g/mol. The molecule has 7 nitrogen and oxygen atoms in total. The lowest BCUT2D eigenvalue weighted by Gasteiger charge is -2.31. The van der Waals surface area contributed by atoms with Gasteiger partial charge in [0.1, 0.15) is 5.82 Å². The Kier molecular flexibility index (Phi) is 3.08. The molecule has 0 saturated carbocycles. The summed E-state index contributed by atoms with van der Waals surface area (Å²) in [6.45, 7) is 5.38. The number of ether oxygens (including phenoxy) is 1. The van der Waals surface area contributed by atoms with Crippen molar-refractivity contribution in [2.75, 3.05) is 23.8 Å². The van der Waals surface area contributed by atoms with Gasteiger partial charge in [0.25, 0.3) is 5.91 Å². The van der Waals surface area contributed by atoms with E-state index in [-0.39, 0.29) is 12.5 Å². The molecule has 1 aromatic rings. The third-order valence-electron chi connectivity index (χ3n) is 2.52. The van der Waals surface area contributed by atoms with Gasteiger partial charge in [0.05, 0.1) is 6.61 Å². The normalized spacial score (nSPS) is 16.6. The summed E-state index contributed by atoms with van der Waals surface area (Å²) < 4.78 is 5.63. The van der Waals surface area contributed by atoms with Crippen LogP contribution in [0.1, 0.15) is 19.7 Å². The molecule has 0 fully saturated rings. The lowest BCUT2D eigenvalue weighted by atomic mass is 10.1. The van der Waals surface area contributed by atoms with Crippen LogP contribution in [0.25, 0.3) is 0 Å². The van der Waals surface area contributed by atoms with Crippen LogP contribution < -0.4 is 15.4 Å². The van der Waals surface area contributed by atoms with E-state index >= 15 is 0 Å². The van der Waals surface area contributed by atoms with Crippen LogP contribution in [0.3, 0.4) is 0 Å². The van der Waals surface area contributed by atoms with E-state index in [0.29, 0.717) is 29.8 Å². The number of anilines is 2. The van der Waals surface area contributed by atoms with Gasteiger partial charge in [-0.2, -0.15) is 0 Å². The number of amides is 1. The molecule has 98 valence electrons. The summed E-state index contributed by atoms with van der Waals surface area (Å²) in [6.07, 6.45) is 0. The molecule has 2 rings (SSSR count). The Morgan fingerprint density at radius 3 is 2.83 bits per heavy atom. The van der Waals surface area contributed by atoms with Gasteiger partial charge in [-0.05, 0) is 20.8 Å². The fourth-order valence-electron chi connectivity index (χ4n) is 1.60. The molecule has 18 heavy (non-hydrogen) atoms. The van der Waals surface area contributed by atoms with Crippen LogP contribution in [0.5, 0.6) is 5.75 Å². The van der Waals surface area contributed by atoms with Gasteiger partial charge in [-0.25, -0.2) is 9.97 Å². The Bertz CT molecular complexity index is 487. The van der Waals surface area contributed by atoms with Crippen molar-refractivity contribution in [3.8, 4) is 5.75 Å². The van der Waals surface area contributed by atoms with E-state index in [1.54, 1.807) is 20.8 Å². The van der Waals surface area contributed by atoms with Crippen molar-refractivity contribution in [2.45, 2.75) is 26.4 Å². The van der Waals surface area contributed by atoms with E-state index in [1.807, 2.05) is 0 Å². The van der Waals surface area contributed by atoms with Gasteiger partial charge >= 0.3 is 0 Å². The van der Waals surface area contributed by atoms with Crippen LogP contribution in [0.2, 0.25) is 0 Å². The Morgan fingerprint density at radius 1 is 1.44 bits per heavy atom. The van der Waals surface area contributed by atoms with Gasteiger partial charge in [-0.3, -0.25) is 4.79 Å². The van der Waals surface area contributed by atoms with Crippen molar-refractivity contribution in [3.63, 3.8) is 0 Å². The van der Waals surface area contributed by atoms with Crippen molar-refractivity contribution in [1.29, 1.82) is 0 Å². The summed E-state index contributed by atoms with van der Waals surface area (Å²) in [5.74, 6) is 1.49. The SMILES string of the molecule is Cc1nc(NCCO)c2c(n1)NC(=O)C(C)(C)O2. The van der Waals surface area contributed by atoms with Gasteiger partial charge in [0.2, 0.25) is 5.75 Å². The number of fused-ring (bicyclic) bond motifs is 1. The van der Waals surface area contributed by atoms with E-state index in [0.717, 1.165) is 0 Å². The van der Waals surface area contributed by atoms with Gasteiger partial charge in [0.15, 0.2) is 17.2 Å². The Morgan fingerprint density at radius 2 is 2.17 bits per heavy atom. The van der Waals surface area contributed by atoms with Crippen molar-refractivity contribution in [1.82, 2.24) is 9.97 Å².